The number of benzene rings is 1. The van der Waals surface area contributed by atoms with E-state index in [1.54, 1.807) is 0 Å². The van der Waals surface area contributed by atoms with Crippen LogP contribution in [0, 0.1) is 12.3 Å². The third-order valence-electron chi connectivity index (χ3n) is 2.96. The van der Waals surface area contributed by atoms with Gasteiger partial charge in [0.2, 0.25) is 0 Å². The predicted molar refractivity (Wildman–Crippen MR) is 78.5 cm³/mol. The number of hydrogen-bond donors (Lipinski definition) is 2. The second kappa shape index (κ2) is 5.52. The van der Waals surface area contributed by atoms with Crippen LogP contribution in [-0.4, -0.2) is 17.9 Å². The maximum atomic E-state index is 7.62. The average molecular weight is 254 g/mol. The van der Waals surface area contributed by atoms with Gasteiger partial charge in [-0.3, -0.25) is 10.4 Å². The maximum absolute atomic E-state index is 7.62. The van der Waals surface area contributed by atoms with Gasteiger partial charge in [-0.15, -0.1) is 0 Å². The number of anilines is 1. The molecule has 0 saturated heterocycles. The number of para-hydroxylation sites is 1. The van der Waals surface area contributed by atoms with Crippen LogP contribution in [0.4, 0.5) is 5.69 Å². The van der Waals surface area contributed by atoms with Crippen LogP contribution in [0.3, 0.4) is 0 Å². The molecule has 0 aliphatic heterocycles. The lowest BCUT2D eigenvalue weighted by Gasteiger charge is -2.22. The molecule has 2 rings (SSSR count). The number of amidine groups is 1. The summed E-state index contributed by atoms with van der Waals surface area (Å²) in [6.07, 6.45) is 3.70. The molecule has 1 aromatic carbocycles. The molecule has 0 bridgehead atoms. The van der Waals surface area contributed by atoms with Gasteiger partial charge in [0.05, 0.1) is 0 Å². The number of aryl methyl sites for hydroxylation is 1. The van der Waals surface area contributed by atoms with E-state index in [0.717, 1.165) is 28.9 Å². The molecule has 4 heteroatoms. The molecule has 0 fully saturated rings. The maximum Gasteiger partial charge on any atom is 0.124 e. The van der Waals surface area contributed by atoms with Crippen molar-refractivity contribution in [1.82, 2.24) is 4.98 Å². The quantitative estimate of drug-likeness (QED) is 0.650. The van der Waals surface area contributed by atoms with Gasteiger partial charge in [-0.2, -0.15) is 0 Å². The first-order valence-electron chi connectivity index (χ1n) is 6.13. The highest BCUT2D eigenvalue weighted by Gasteiger charge is 2.09. The van der Waals surface area contributed by atoms with Crippen molar-refractivity contribution < 1.29 is 0 Å². The molecule has 4 nitrogen and oxygen atoms in total. The van der Waals surface area contributed by atoms with E-state index in [1.807, 2.05) is 50.6 Å². The van der Waals surface area contributed by atoms with E-state index in [4.69, 9.17) is 11.1 Å². The van der Waals surface area contributed by atoms with Crippen molar-refractivity contribution in [3.8, 4) is 0 Å². The van der Waals surface area contributed by atoms with Crippen LogP contribution in [0.15, 0.2) is 42.7 Å². The first kappa shape index (κ1) is 13.1. The Hall–Kier alpha value is -2.36. The van der Waals surface area contributed by atoms with E-state index in [2.05, 4.69) is 16.0 Å². The zero-order valence-corrected chi connectivity index (χ0v) is 11.2. The standard InChI is InChI=1S/C15H18N4/c1-11-7-12(9-18-8-11)10-19(2)14-6-4-3-5-13(14)15(16)17/h3-9H,10H2,1-2H3,(H3,16,17). The second-order valence-electron chi connectivity index (χ2n) is 4.66. The number of hydrogen-bond acceptors (Lipinski definition) is 3. The van der Waals surface area contributed by atoms with Crippen molar-refractivity contribution in [2.24, 2.45) is 5.73 Å². The molecule has 19 heavy (non-hydrogen) atoms. The van der Waals surface area contributed by atoms with Gasteiger partial charge in [0.15, 0.2) is 0 Å². The predicted octanol–water partition coefficient (Wildman–Crippen LogP) is 2.31. The average Bonchev–Trinajstić information content (AvgIpc) is 2.38. The summed E-state index contributed by atoms with van der Waals surface area (Å²) in [5.74, 6) is 0.0878. The first-order valence-corrected chi connectivity index (χ1v) is 6.13. The third-order valence-corrected chi connectivity index (χ3v) is 2.96. The number of nitrogen functional groups attached to an aromatic ring is 1. The van der Waals surface area contributed by atoms with Crippen molar-refractivity contribution in [3.05, 3.63) is 59.4 Å². The molecule has 0 spiro atoms. The van der Waals surface area contributed by atoms with E-state index < -0.39 is 0 Å². The highest BCUT2D eigenvalue weighted by atomic mass is 15.1. The van der Waals surface area contributed by atoms with Crippen LogP contribution in [0.25, 0.3) is 0 Å². The summed E-state index contributed by atoms with van der Waals surface area (Å²) >= 11 is 0. The topological polar surface area (TPSA) is 66.0 Å². The van der Waals surface area contributed by atoms with Crippen molar-refractivity contribution in [2.45, 2.75) is 13.5 Å². The molecule has 0 saturated carbocycles. The molecule has 0 radical (unpaired) electrons. The van der Waals surface area contributed by atoms with Crippen molar-refractivity contribution in [1.29, 1.82) is 5.41 Å². The van der Waals surface area contributed by atoms with E-state index in [-0.39, 0.29) is 5.84 Å². The normalized spacial score (nSPS) is 10.2. The van der Waals surface area contributed by atoms with Crippen LogP contribution in [-0.2, 0) is 6.54 Å². The summed E-state index contributed by atoms with van der Waals surface area (Å²) in [7, 11) is 1.99. The summed E-state index contributed by atoms with van der Waals surface area (Å²) in [6, 6.07) is 9.79. The Bertz CT molecular complexity index is 592. The molecule has 2 aromatic rings. The van der Waals surface area contributed by atoms with Gasteiger partial charge in [-0.05, 0) is 30.2 Å². The molecular formula is C15H18N4. The smallest absolute Gasteiger partial charge is 0.124 e. The van der Waals surface area contributed by atoms with Gasteiger partial charge in [0, 0.05) is 37.2 Å². The van der Waals surface area contributed by atoms with E-state index in [1.165, 1.54) is 0 Å². The van der Waals surface area contributed by atoms with E-state index >= 15 is 0 Å². The SMILES string of the molecule is Cc1cncc(CN(C)c2ccccc2C(=N)N)c1. The minimum Gasteiger partial charge on any atom is -0.384 e. The number of nitrogens with one attached hydrogen (secondary N) is 1. The fourth-order valence-electron chi connectivity index (χ4n) is 2.10. The fraction of sp³-hybridized carbons (Fsp3) is 0.200. The highest BCUT2D eigenvalue weighted by Crippen LogP contribution is 2.20. The van der Waals surface area contributed by atoms with Crippen LogP contribution in [0.1, 0.15) is 16.7 Å². The van der Waals surface area contributed by atoms with Crippen LogP contribution in [0.5, 0.6) is 0 Å². The number of pyridine rings is 1. The Labute approximate surface area is 113 Å². The van der Waals surface area contributed by atoms with Crippen LogP contribution >= 0.6 is 0 Å². The molecule has 1 heterocycles. The lowest BCUT2D eigenvalue weighted by molar-refractivity contribution is 0.911. The minimum atomic E-state index is 0.0878. The molecule has 0 aliphatic carbocycles. The summed E-state index contributed by atoms with van der Waals surface area (Å²) in [5.41, 5.74) is 9.61. The Morgan fingerprint density at radius 1 is 1.32 bits per heavy atom. The zero-order valence-electron chi connectivity index (χ0n) is 11.2. The third kappa shape index (κ3) is 3.10. The minimum absolute atomic E-state index is 0.0878. The monoisotopic (exact) mass is 254 g/mol. The number of aromatic nitrogens is 1. The van der Waals surface area contributed by atoms with E-state index in [9.17, 15) is 0 Å². The summed E-state index contributed by atoms with van der Waals surface area (Å²) in [5, 5.41) is 7.62. The second-order valence-corrected chi connectivity index (χ2v) is 4.66. The highest BCUT2D eigenvalue weighted by molar-refractivity contribution is 6.00. The lowest BCUT2D eigenvalue weighted by Crippen LogP contribution is -2.22. The summed E-state index contributed by atoms with van der Waals surface area (Å²) in [6.45, 7) is 2.76. The van der Waals surface area contributed by atoms with Crippen molar-refractivity contribution in [2.75, 3.05) is 11.9 Å². The summed E-state index contributed by atoms with van der Waals surface area (Å²) in [4.78, 5) is 6.27. The van der Waals surface area contributed by atoms with Crippen LogP contribution < -0.4 is 10.6 Å². The fourth-order valence-corrected chi connectivity index (χ4v) is 2.10. The van der Waals surface area contributed by atoms with E-state index in [0.29, 0.717) is 0 Å². The molecule has 0 unspecified atom stereocenters. The Morgan fingerprint density at radius 3 is 2.74 bits per heavy atom. The van der Waals surface area contributed by atoms with Crippen LogP contribution in [0.2, 0.25) is 0 Å². The van der Waals surface area contributed by atoms with Gasteiger partial charge in [0.1, 0.15) is 5.84 Å². The molecule has 0 amide bonds. The van der Waals surface area contributed by atoms with Crippen molar-refractivity contribution >= 4 is 11.5 Å². The molecular weight excluding hydrogens is 236 g/mol. The largest absolute Gasteiger partial charge is 0.384 e. The Kier molecular flexibility index (Phi) is 3.80. The van der Waals surface area contributed by atoms with Gasteiger partial charge < -0.3 is 10.6 Å². The van der Waals surface area contributed by atoms with Gasteiger partial charge in [-0.25, -0.2) is 0 Å². The Morgan fingerprint density at radius 2 is 2.05 bits per heavy atom. The van der Waals surface area contributed by atoms with Crippen molar-refractivity contribution in [3.63, 3.8) is 0 Å². The van der Waals surface area contributed by atoms with Gasteiger partial charge >= 0.3 is 0 Å². The van der Waals surface area contributed by atoms with Gasteiger partial charge in [-0.1, -0.05) is 18.2 Å². The Balaban J connectivity index is 2.25. The van der Waals surface area contributed by atoms with Gasteiger partial charge in [0.25, 0.3) is 0 Å². The molecule has 0 aliphatic rings. The summed E-state index contributed by atoms with van der Waals surface area (Å²) < 4.78 is 0. The molecule has 0 atom stereocenters. The molecule has 1 aromatic heterocycles. The first-order chi connectivity index (χ1) is 9.08. The lowest BCUT2D eigenvalue weighted by atomic mass is 10.1. The zero-order chi connectivity index (χ0) is 13.8. The molecule has 3 N–H and O–H groups in total. The number of nitrogens with two attached hydrogens (primary N) is 1. The number of rotatable bonds is 4. The molecule has 98 valence electrons. The number of nitrogens with zero attached hydrogens (tertiary/aromatic N) is 2.